The van der Waals surface area contributed by atoms with Crippen LogP contribution < -0.4 is 4.72 Å². The van der Waals surface area contributed by atoms with E-state index in [4.69, 9.17) is 0 Å². The zero-order valence-corrected chi connectivity index (χ0v) is 12.0. The average Bonchev–Trinajstić information content (AvgIpc) is 2.85. The zero-order valence-electron chi connectivity index (χ0n) is 10.3. The van der Waals surface area contributed by atoms with E-state index in [1.807, 2.05) is 13.8 Å². The van der Waals surface area contributed by atoms with Crippen LogP contribution in [0.15, 0.2) is 17.6 Å². The third-order valence-electron chi connectivity index (χ3n) is 2.44. The fraction of sp³-hybridized carbons (Fsp3) is 0.400. The summed E-state index contributed by atoms with van der Waals surface area (Å²) < 4.78 is 27.9. The Labute approximate surface area is 110 Å². The number of rotatable bonds is 4. The summed E-state index contributed by atoms with van der Waals surface area (Å²) in [6.07, 6.45) is 2.91. The van der Waals surface area contributed by atoms with E-state index in [9.17, 15) is 8.42 Å². The molecule has 0 aliphatic heterocycles. The fourth-order valence-corrected chi connectivity index (χ4v) is 3.30. The molecule has 0 aliphatic rings. The largest absolute Gasteiger partial charge is 0.339 e. The molecule has 0 bridgehead atoms. The number of hydrogen-bond donors (Lipinski definition) is 1. The van der Waals surface area contributed by atoms with E-state index in [2.05, 4.69) is 14.7 Å². The molecular weight excluding hydrogens is 272 g/mol. The van der Waals surface area contributed by atoms with Crippen LogP contribution in [0.1, 0.15) is 15.6 Å². The molecule has 0 atom stereocenters. The molecule has 0 aromatic carbocycles. The summed E-state index contributed by atoms with van der Waals surface area (Å²) in [6, 6.07) is 0. The van der Waals surface area contributed by atoms with Gasteiger partial charge in [-0.3, -0.25) is 0 Å². The Balaban J connectivity index is 2.10. The van der Waals surface area contributed by atoms with Crippen LogP contribution in [0.2, 0.25) is 0 Å². The van der Waals surface area contributed by atoms with Gasteiger partial charge in [-0.05, 0) is 13.8 Å². The Morgan fingerprint density at radius 3 is 2.67 bits per heavy atom. The highest BCUT2D eigenvalue weighted by Crippen LogP contribution is 2.16. The van der Waals surface area contributed by atoms with Crippen molar-refractivity contribution < 1.29 is 8.42 Å². The maximum absolute atomic E-state index is 11.9. The van der Waals surface area contributed by atoms with Gasteiger partial charge in [0, 0.05) is 18.1 Å². The Kier molecular flexibility index (Phi) is 3.51. The number of thiazole rings is 1. The summed E-state index contributed by atoms with van der Waals surface area (Å²) >= 11 is 1.49. The van der Waals surface area contributed by atoms with Crippen molar-refractivity contribution in [3.63, 3.8) is 0 Å². The number of nitrogens with one attached hydrogen (secondary N) is 1. The van der Waals surface area contributed by atoms with Crippen LogP contribution in [0, 0.1) is 13.8 Å². The molecule has 8 heteroatoms. The van der Waals surface area contributed by atoms with Crippen molar-refractivity contribution >= 4 is 21.4 Å². The van der Waals surface area contributed by atoms with Gasteiger partial charge in [0.1, 0.15) is 5.01 Å². The lowest BCUT2D eigenvalue weighted by atomic mass is 10.4. The van der Waals surface area contributed by atoms with E-state index in [-0.39, 0.29) is 11.6 Å². The van der Waals surface area contributed by atoms with E-state index in [0.717, 1.165) is 15.6 Å². The molecule has 1 N–H and O–H groups in total. The molecule has 2 heterocycles. The van der Waals surface area contributed by atoms with Gasteiger partial charge < -0.3 is 4.57 Å². The molecule has 18 heavy (non-hydrogen) atoms. The molecule has 6 nitrogen and oxygen atoms in total. The summed E-state index contributed by atoms with van der Waals surface area (Å²) in [4.78, 5) is 9.20. The van der Waals surface area contributed by atoms with Gasteiger partial charge >= 0.3 is 0 Å². The van der Waals surface area contributed by atoms with Crippen molar-refractivity contribution in [1.82, 2.24) is 19.3 Å². The van der Waals surface area contributed by atoms with Gasteiger partial charge in [-0.2, -0.15) is 0 Å². The highest BCUT2D eigenvalue weighted by Gasteiger charge is 2.17. The second-order valence-corrected chi connectivity index (χ2v) is 6.95. The van der Waals surface area contributed by atoms with E-state index in [1.54, 1.807) is 11.6 Å². The standard InChI is InChI=1S/C10H14N4O2S2/c1-7-8(2)17-9(13-7)4-12-18(15,16)10-5-14(3)6-11-10/h5-6,12H,4H2,1-3H3. The first-order valence-electron chi connectivity index (χ1n) is 5.29. The lowest BCUT2D eigenvalue weighted by Gasteiger charge is -2.01. The number of aryl methyl sites for hydroxylation is 3. The van der Waals surface area contributed by atoms with Gasteiger partial charge in [-0.1, -0.05) is 0 Å². The van der Waals surface area contributed by atoms with E-state index in [0.29, 0.717) is 0 Å². The first-order chi connectivity index (χ1) is 8.38. The molecule has 0 fully saturated rings. The second-order valence-electron chi connectivity index (χ2n) is 3.95. The predicted molar refractivity (Wildman–Crippen MR) is 68.8 cm³/mol. The third kappa shape index (κ3) is 2.77. The van der Waals surface area contributed by atoms with Crippen LogP contribution >= 0.6 is 11.3 Å². The predicted octanol–water partition coefficient (Wildman–Crippen LogP) is 0.972. The van der Waals surface area contributed by atoms with Gasteiger partial charge in [0.25, 0.3) is 10.0 Å². The summed E-state index contributed by atoms with van der Waals surface area (Å²) in [5.74, 6) is 0. The number of imidazole rings is 1. The number of nitrogens with zero attached hydrogens (tertiary/aromatic N) is 3. The van der Waals surface area contributed by atoms with Gasteiger partial charge in [0.05, 0.1) is 18.6 Å². The van der Waals surface area contributed by atoms with Crippen LogP contribution in [0.5, 0.6) is 0 Å². The number of hydrogen-bond acceptors (Lipinski definition) is 5. The number of aromatic nitrogens is 3. The minimum absolute atomic E-state index is 0.0231. The lowest BCUT2D eigenvalue weighted by molar-refractivity contribution is 0.577. The molecule has 0 aliphatic carbocycles. The minimum Gasteiger partial charge on any atom is -0.339 e. The first kappa shape index (κ1) is 13.2. The van der Waals surface area contributed by atoms with Crippen LogP contribution in [0.3, 0.4) is 0 Å². The SMILES string of the molecule is Cc1nc(CNS(=O)(=O)c2cn(C)cn2)sc1C. The van der Waals surface area contributed by atoms with E-state index >= 15 is 0 Å². The Hall–Kier alpha value is -1.25. The van der Waals surface area contributed by atoms with Gasteiger partial charge in [-0.25, -0.2) is 23.1 Å². The summed E-state index contributed by atoms with van der Waals surface area (Å²) in [7, 11) is -1.83. The van der Waals surface area contributed by atoms with Crippen LogP contribution in [0.25, 0.3) is 0 Å². The Morgan fingerprint density at radius 2 is 2.17 bits per heavy atom. The maximum Gasteiger partial charge on any atom is 0.259 e. The molecule has 0 amide bonds. The molecule has 2 aromatic rings. The van der Waals surface area contributed by atoms with Crippen LogP contribution in [0.4, 0.5) is 0 Å². The molecule has 98 valence electrons. The van der Waals surface area contributed by atoms with Crippen LogP contribution in [-0.4, -0.2) is 23.0 Å². The normalized spacial score (nSPS) is 11.9. The van der Waals surface area contributed by atoms with Crippen molar-refractivity contribution in [2.75, 3.05) is 0 Å². The van der Waals surface area contributed by atoms with Crippen molar-refractivity contribution in [2.24, 2.45) is 7.05 Å². The lowest BCUT2D eigenvalue weighted by Crippen LogP contribution is -2.23. The summed E-state index contributed by atoms with van der Waals surface area (Å²) in [6.45, 7) is 4.06. The third-order valence-corrected chi connectivity index (χ3v) is 4.80. The van der Waals surface area contributed by atoms with Crippen molar-refractivity contribution in [3.8, 4) is 0 Å². The molecule has 0 radical (unpaired) electrons. The second kappa shape index (κ2) is 4.79. The monoisotopic (exact) mass is 286 g/mol. The van der Waals surface area contributed by atoms with Crippen molar-refractivity contribution in [1.29, 1.82) is 0 Å². The highest BCUT2D eigenvalue weighted by molar-refractivity contribution is 7.89. The molecule has 0 saturated carbocycles. The smallest absolute Gasteiger partial charge is 0.259 e. The molecule has 0 unspecified atom stereocenters. The zero-order chi connectivity index (χ0) is 13.3. The molecule has 2 aromatic heterocycles. The first-order valence-corrected chi connectivity index (χ1v) is 7.59. The van der Waals surface area contributed by atoms with E-state index < -0.39 is 10.0 Å². The highest BCUT2D eigenvalue weighted by atomic mass is 32.2. The van der Waals surface area contributed by atoms with Gasteiger partial charge in [-0.15, -0.1) is 11.3 Å². The molecule has 2 rings (SSSR count). The Morgan fingerprint density at radius 1 is 1.44 bits per heavy atom. The van der Waals surface area contributed by atoms with Gasteiger partial charge in [0.2, 0.25) is 0 Å². The van der Waals surface area contributed by atoms with E-state index in [1.165, 1.54) is 23.9 Å². The molecule has 0 saturated heterocycles. The van der Waals surface area contributed by atoms with Gasteiger partial charge in [0.15, 0.2) is 5.03 Å². The van der Waals surface area contributed by atoms with Crippen LogP contribution in [-0.2, 0) is 23.6 Å². The average molecular weight is 286 g/mol. The summed E-state index contributed by atoms with van der Waals surface area (Å²) in [5, 5.41) is 0.777. The number of sulfonamides is 1. The quantitative estimate of drug-likeness (QED) is 0.908. The van der Waals surface area contributed by atoms with Crippen molar-refractivity contribution in [3.05, 3.63) is 28.1 Å². The maximum atomic E-state index is 11.9. The summed E-state index contributed by atoms with van der Waals surface area (Å²) in [5.41, 5.74) is 0.937. The topological polar surface area (TPSA) is 76.9 Å². The Bertz CT molecular complexity index is 638. The molecule has 0 spiro atoms. The minimum atomic E-state index is -3.56. The van der Waals surface area contributed by atoms with Crippen molar-refractivity contribution in [2.45, 2.75) is 25.4 Å². The molecular formula is C10H14N4O2S2. The fourth-order valence-electron chi connectivity index (χ4n) is 1.37.